The van der Waals surface area contributed by atoms with Crippen molar-refractivity contribution >= 4 is 63.8 Å². The fourth-order valence-electron chi connectivity index (χ4n) is 8.62. The van der Waals surface area contributed by atoms with Crippen molar-refractivity contribution in [1.82, 2.24) is 0 Å². The van der Waals surface area contributed by atoms with Gasteiger partial charge in [0.25, 0.3) is 0 Å². The van der Waals surface area contributed by atoms with Gasteiger partial charge < -0.3 is 0 Å². The summed E-state index contributed by atoms with van der Waals surface area (Å²) in [4.78, 5) is 0. The Morgan fingerprint density at radius 2 is 0.837 bits per heavy atom. The summed E-state index contributed by atoms with van der Waals surface area (Å²) >= 11 is 1.92. The maximum absolute atomic E-state index is 2.42. The van der Waals surface area contributed by atoms with Crippen LogP contribution in [-0.4, -0.2) is 0 Å². The topological polar surface area (TPSA) is 0 Å². The van der Waals surface area contributed by atoms with Gasteiger partial charge in [0.1, 0.15) is 0 Å². The third kappa shape index (κ3) is 3.74. The summed E-state index contributed by atoms with van der Waals surface area (Å²) in [7, 11) is 0. The SMILES string of the molecule is c1ccc(-c2c3c(c(-c4ccccc4)c4ccccc24)-c2ccc(-c4c5ccccc5cc5c4sc4ccccc45)c4cccc-3c24)cc1. The summed E-state index contributed by atoms with van der Waals surface area (Å²) in [5.74, 6) is 0. The third-order valence-corrected chi connectivity index (χ3v) is 11.8. The van der Waals surface area contributed by atoms with Gasteiger partial charge in [-0.3, -0.25) is 0 Å². The second-order valence-corrected chi connectivity index (χ2v) is 14.2. The Hall–Kier alpha value is -6.02. The molecule has 0 aliphatic heterocycles. The van der Waals surface area contributed by atoms with Crippen molar-refractivity contribution < 1.29 is 0 Å². The van der Waals surface area contributed by atoms with Crippen LogP contribution >= 0.6 is 11.3 Å². The highest BCUT2D eigenvalue weighted by molar-refractivity contribution is 7.26. The van der Waals surface area contributed by atoms with E-state index >= 15 is 0 Å². The number of thiophene rings is 1. The Kier molecular flexibility index (Phi) is 5.64. The summed E-state index contributed by atoms with van der Waals surface area (Å²) in [6.45, 7) is 0. The second-order valence-electron chi connectivity index (χ2n) is 13.1. The number of fused-ring (bicyclic) bond motifs is 8. The lowest BCUT2D eigenvalue weighted by atomic mass is 9.82. The number of hydrogen-bond donors (Lipinski definition) is 0. The molecule has 1 heterocycles. The summed E-state index contributed by atoms with van der Waals surface area (Å²) < 4.78 is 2.69. The molecule has 0 nitrogen and oxygen atoms in total. The van der Waals surface area contributed by atoms with Crippen LogP contribution in [-0.2, 0) is 0 Å². The standard InChI is InChI=1S/C48H28S/c1-3-14-29(15-4-1)42-34-21-9-10-22-35(34)43(30-16-5-2-6-17-30)47-39-27-26-37(36-23-13-24-38(44(36)39)46(42)47)45-32-19-8-7-18-31(32)28-40-33-20-11-12-25-41(33)49-48(40)45/h1-28H. The zero-order chi connectivity index (χ0) is 32.1. The van der Waals surface area contributed by atoms with E-state index in [0.29, 0.717) is 0 Å². The van der Waals surface area contributed by atoms with E-state index in [1.807, 2.05) is 11.3 Å². The Labute approximate surface area is 288 Å². The van der Waals surface area contributed by atoms with E-state index in [1.165, 1.54) is 108 Å². The molecule has 1 aliphatic rings. The van der Waals surface area contributed by atoms with Crippen molar-refractivity contribution in [1.29, 1.82) is 0 Å². The fourth-order valence-corrected chi connectivity index (χ4v) is 9.87. The van der Waals surface area contributed by atoms with Crippen molar-refractivity contribution in [3.8, 4) is 55.6 Å². The first kappa shape index (κ1) is 27.0. The molecule has 0 fully saturated rings. The number of rotatable bonds is 3. The Morgan fingerprint density at radius 1 is 0.306 bits per heavy atom. The summed E-state index contributed by atoms with van der Waals surface area (Å²) in [5, 5.41) is 10.5. The van der Waals surface area contributed by atoms with Crippen LogP contribution in [0.5, 0.6) is 0 Å². The number of benzene rings is 9. The summed E-state index contributed by atoms with van der Waals surface area (Å²) in [5.41, 5.74) is 13.1. The van der Waals surface area contributed by atoms with Gasteiger partial charge in [-0.1, -0.05) is 158 Å². The predicted molar refractivity (Wildman–Crippen MR) is 213 cm³/mol. The zero-order valence-corrected chi connectivity index (χ0v) is 27.4. The predicted octanol–water partition coefficient (Wildman–Crippen LogP) is 14.2. The van der Waals surface area contributed by atoms with Gasteiger partial charge in [-0.15, -0.1) is 11.3 Å². The lowest BCUT2D eigenvalue weighted by molar-refractivity contribution is 1.62. The van der Waals surface area contributed by atoms with Gasteiger partial charge in [-0.05, 0) is 94.5 Å². The van der Waals surface area contributed by atoms with Crippen molar-refractivity contribution in [3.63, 3.8) is 0 Å². The molecule has 10 aromatic rings. The Balaban J connectivity index is 1.32. The van der Waals surface area contributed by atoms with E-state index in [1.54, 1.807) is 0 Å². The van der Waals surface area contributed by atoms with Crippen molar-refractivity contribution in [2.75, 3.05) is 0 Å². The van der Waals surface area contributed by atoms with Crippen molar-refractivity contribution in [2.24, 2.45) is 0 Å². The van der Waals surface area contributed by atoms with E-state index < -0.39 is 0 Å². The molecule has 0 saturated carbocycles. The van der Waals surface area contributed by atoms with Gasteiger partial charge in [-0.2, -0.15) is 0 Å². The van der Waals surface area contributed by atoms with E-state index in [2.05, 4.69) is 170 Å². The average Bonchev–Trinajstić information content (AvgIpc) is 3.70. The van der Waals surface area contributed by atoms with E-state index in [-0.39, 0.29) is 0 Å². The second kappa shape index (κ2) is 10.2. The molecule has 1 aliphatic carbocycles. The van der Waals surface area contributed by atoms with Crippen molar-refractivity contribution in [2.45, 2.75) is 0 Å². The minimum absolute atomic E-state index is 1.25. The van der Waals surface area contributed by atoms with Crippen LogP contribution in [0.4, 0.5) is 0 Å². The van der Waals surface area contributed by atoms with Crippen LogP contribution in [0.3, 0.4) is 0 Å². The molecule has 0 unspecified atom stereocenters. The molecule has 11 rings (SSSR count). The molecular weight excluding hydrogens is 609 g/mol. The van der Waals surface area contributed by atoms with E-state index in [0.717, 1.165) is 0 Å². The molecule has 0 radical (unpaired) electrons. The zero-order valence-electron chi connectivity index (χ0n) is 26.6. The first-order chi connectivity index (χ1) is 24.3. The van der Waals surface area contributed by atoms with Crippen LogP contribution in [0.2, 0.25) is 0 Å². The minimum Gasteiger partial charge on any atom is -0.135 e. The van der Waals surface area contributed by atoms with Crippen LogP contribution in [0.15, 0.2) is 170 Å². The molecule has 49 heavy (non-hydrogen) atoms. The molecule has 0 atom stereocenters. The first-order valence-corrected chi connectivity index (χ1v) is 17.8. The third-order valence-electron chi connectivity index (χ3n) is 10.6. The normalized spacial score (nSPS) is 12.1. The van der Waals surface area contributed by atoms with Gasteiger partial charge in [0.2, 0.25) is 0 Å². The number of hydrogen-bond acceptors (Lipinski definition) is 1. The molecule has 0 N–H and O–H groups in total. The molecule has 9 aromatic carbocycles. The average molecular weight is 637 g/mol. The summed E-state index contributed by atoms with van der Waals surface area (Å²) in [6.07, 6.45) is 0. The highest BCUT2D eigenvalue weighted by atomic mass is 32.1. The Bertz CT molecular complexity index is 2870. The molecule has 0 saturated heterocycles. The molecule has 0 amide bonds. The van der Waals surface area contributed by atoms with Gasteiger partial charge in [0.05, 0.1) is 0 Å². The van der Waals surface area contributed by atoms with Gasteiger partial charge >= 0.3 is 0 Å². The maximum atomic E-state index is 2.42. The minimum atomic E-state index is 1.25. The first-order valence-electron chi connectivity index (χ1n) is 16.9. The van der Waals surface area contributed by atoms with Crippen LogP contribution in [0, 0.1) is 0 Å². The molecule has 0 bridgehead atoms. The van der Waals surface area contributed by atoms with E-state index in [4.69, 9.17) is 0 Å². The maximum Gasteiger partial charge on any atom is 0.0440 e. The van der Waals surface area contributed by atoms with Gasteiger partial charge in [0, 0.05) is 25.7 Å². The monoisotopic (exact) mass is 636 g/mol. The van der Waals surface area contributed by atoms with Gasteiger partial charge in [0.15, 0.2) is 0 Å². The molecular formula is C48H28S. The van der Waals surface area contributed by atoms with Gasteiger partial charge in [-0.25, -0.2) is 0 Å². The van der Waals surface area contributed by atoms with Crippen LogP contribution in [0.25, 0.3) is 108 Å². The highest BCUT2D eigenvalue weighted by Crippen LogP contribution is 2.59. The quantitative estimate of drug-likeness (QED) is 0.181. The van der Waals surface area contributed by atoms with E-state index in [9.17, 15) is 0 Å². The van der Waals surface area contributed by atoms with Crippen LogP contribution < -0.4 is 0 Å². The Morgan fingerprint density at radius 3 is 1.53 bits per heavy atom. The molecule has 1 heteroatoms. The van der Waals surface area contributed by atoms with Crippen LogP contribution in [0.1, 0.15) is 0 Å². The summed E-state index contributed by atoms with van der Waals surface area (Å²) in [6, 6.07) is 63.0. The molecule has 1 aromatic heterocycles. The smallest absolute Gasteiger partial charge is 0.0440 e. The highest BCUT2D eigenvalue weighted by Gasteiger charge is 2.31. The lowest BCUT2D eigenvalue weighted by Gasteiger charge is -2.20. The lowest BCUT2D eigenvalue weighted by Crippen LogP contribution is -1.93. The molecule has 0 spiro atoms. The fraction of sp³-hybridized carbons (Fsp3) is 0. The largest absolute Gasteiger partial charge is 0.135 e. The van der Waals surface area contributed by atoms with Crippen molar-refractivity contribution in [3.05, 3.63) is 170 Å². The molecule has 226 valence electrons.